The number of ether oxygens (including phenoxy) is 1. The molecule has 0 bridgehead atoms. The molecule has 2 N–H and O–H groups in total. The number of rotatable bonds is 8. The normalized spacial score (nSPS) is 23.7. The van der Waals surface area contributed by atoms with Crippen LogP contribution >= 0.6 is 0 Å². The van der Waals surface area contributed by atoms with Crippen molar-refractivity contribution in [1.29, 1.82) is 0 Å². The monoisotopic (exact) mass is 414 g/mol. The van der Waals surface area contributed by atoms with E-state index in [1.807, 2.05) is 30.3 Å². The fraction of sp³-hybridized carbons (Fsp3) is 0.680. The molecule has 1 atom stereocenters. The van der Waals surface area contributed by atoms with E-state index in [-0.39, 0.29) is 17.7 Å². The number of benzene rings is 1. The van der Waals surface area contributed by atoms with Gasteiger partial charge in [-0.1, -0.05) is 44.2 Å². The predicted molar refractivity (Wildman–Crippen MR) is 119 cm³/mol. The zero-order valence-electron chi connectivity index (χ0n) is 18.6. The predicted octanol–water partition coefficient (Wildman–Crippen LogP) is 3.72. The Bertz CT molecular complexity index is 662. The van der Waals surface area contributed by atoms with E-state index in [1.54, 1.807) is 0 Å². The topological polar surface area (TPSA) is 67.4 Å². The molecule has 0 aromatic heterocycles. The molecule has 1 saturated heterocycles. The first-order valence-corrected chi connectivity index (χ1v) is 11.7. The standard InChI is InChI=1S/C25H38N2O3/c1-18(2)21-8-10-22(11-9-21)24(28)27-23(16-19-6-4-3-5-7-19)25(29)26-17-20-12-14-30-15-13-20/h3-7,18,20-23H,8-17H2,1-2H3,(H,26,29)(H,27,28)/t21?,22?,23-/m0/s1. The van der Waals surface area contributed by atoms with Crippen LogP contribution in [0.5, 0.6) is 0 Å². The van der Waals surface area contributed by atoms with Crippen LogP contribution in [-0.4, -0.2) is 37.6 Å². The molecule has 30 heavy (non-hydrogen) atoms. The number of hydrogen-bond acceptors (Lipinski definition) is 3. The van der Waals surface area contributed by atoms with Crippen molar-refractivity contribution in [2.24, 2.45) is 23.7 Å². The molecule has 1 aliphatic heterocycles. The van der Waals surface area contributed by atoms with E-state index >= 15 is 0 Å². The van der Waals surface area contributed by atoms with Crippen molar-refractivity contribution in [2.75, 3.05) is 19.8 Å². The van der Waals surface area contributed by atoms with E-state index in [9.17, 15) is 9.59 Å². The smallest absolute Gasteiger partial charge is 0.242 e. The molecule has 1 aromatic rings. The number of carbonyl (C=O) groups excluding carboxylic acids is 2. The maximum Gasteiger partial charge on any atom is 0.242 e. The highest BCUT2D eigenvalue weighted by molar-refractivity contribution is 5.88. The van der Waals surface area contributed by atoms with Crippen LogP contribution in [0.2, 0.25) is 0 Å². The Morgan fingerprint density at radius 2 is 1.67 bits per heavy atom. The minimum Gasteiger partial charge on any atom is -0.381 e. The van der Waals surface area contributed by atoms with Crippen molar-refractivity contribution < 1.29 is 14.3 Å². The van der Waals surface area contributed by atoms with Gasteiger partial charge in [0, 0.05) is 32.1 Å². The minimum absolute atomic E-state index is 0.0292. The van der Waals surface area contributed by atoms with Crippen LogP contribution in [0.3, 0.4) is 0 Å². The van der Waals surface area contributed by atoms with Crippen molar-refractivity contribution in [3.8, 4) is 0 Å². The molecular weight excluding hydrogens is 376 g/mol. The van der Waals surface area contributed by atoms with Crippen molar-refractivity contribution >= 4 is 11.8 Å². The second-order valence-electron chi connectivity index (χ2n) is 9.41. The molecule has 1 aromatic carbocycles. The molecule has 1 saturated carbocycles. The fourth-order valence-electron chi connectivity index (χ4n) is 4.72. The first kappa shape index (κ1) is 22.8. The summed E-state index contributed by atoms with van der Waals surface area (Å²) in [5, 5.41) is 6.18. The Kier molecular flexibility index (Phi) is 8.74. The third-order valence-corrected chi connectivity index (χ3v) is 6.91. The lowest BCUT2D eigenvalue weighted by Crippen LogP contribution is -2.51. The zero-order valence-corrected chi connectivity index (χ0v) is 18.6. The van der Waals surface area contributed by atoms with Crippen LogP contribution in [-0.2, 0) is 20.7 Å². The summed E-state index contributed by atoms with van der Waals surface area (Å²) in [6.45, 7) is 6.73. The van der Waals surface area contributed by atoms with E-state index in [0.29, 0.717) is 24.8 Å². The van der Waals surface area contributed by atoms with Gasteiger partial charge in [-0.15, -0.1) is 0 Å². The van der Waals surface area contributed by atoms with Gasteiger partial charge in [0.05, 0.1) is 0 Å². The molecule has 0 radical (unpaired) electrons. The zero-order chi connectivity index (χ0) is 21.3. The lowest BCUT2D eigenvalue weighted by atomic mass is 9.76. The highest BCUT2D eigenvalue weighted by Crippen LogP contribution is 2.33. The second-order valence-corrected chi connectivity index (χ2v) is 9.41. The first-order chi connectivity index (χ1) is 14.5. The summed E-state index contributed by atoms with van der Waals surface area (Å²) < 4.78 is 5.41. The van der Waals surface area contributed by atoms with Crippen molar-refractivity contribution in [3.63, 3.8) is 0 Å². The molecule has 5 heteroatoms. The van der Waals surface area contributed by atoms with E-state index in [4.69, 9.17) is 4.74 Å². The second kappa shape index (κ2) is 11.5. The summed E-state index contributed by atoms with van der Waals surface area (Å²) in [5.41, 5.74) is 1.06. The molecule has 2 fully saturated rings. The summed E-state index contributed by atoms with van der Waals surface area (Å²) in [7, 11) is 0. The summed E-state index contributed by atoms with van der Waals surface area (Å²) in [6, 6.07) is 9.41. The van der Waals surface area contributed by atoms with Crippen molar-refractivity contribution in [2.45, 2.75) is 64.8 Å². The van der Waals surface area contributed by atoms with E-state index in [1.165, 1.54) is 0 Å². The largest absolute Gasteiger partial charge is 0.381 e. The van der Waals surface area contributed by atoms with E-state index in [2.05, 4.69) is 24.5 Å². The van der Waals surface area contributed by atoms with E-state index < -0.39 is 6.04 Å². The van der Waals surface area contributed by atoms with E-state index in [0.717, 1.165) is 63.2 Å². The fourth-order valence-corrected chi connectivity index (χ4v) is 4.72. The number of nitrogens with one attached hydrogen (secondary N) is 2. The molecular formula is C25H38N2O3. The van der Waals surface area contributed by atoms with Crippen LogP contribution < -0.4 is 10.6 Å². The lowest BCUT2D eigenvalue weighted by molar-refractivity contribution is -0.132. The Morgan fingerprint density at radius 3 is 2.30 bits per heavy atom. The molecule has 1 heterocycles. The average Bonchev–Trinajstić information content (AvgIpc) is 2.78. The Labute approximate surface area is 181 Å². The third-order valence-electron chi connectivity index (χ3n) is 6.91. The minimum atomic E-state index is -0.525. The summed E-state index contributed by atoms with van der Waals surface area (Å²) in [5.74, 6) is 1.85. The maximum atomic E-state index is 13.0. The maximum absolute atomic E-state index is 13.0. The molecule has 166 valence electrons. The van der Waals surface area contributed by atoms with Gasteiger partial charge in [-0.25, -0.2) is 0 Å². The molecule has 0 spiro atoms. The number of carbonyl (C=O) groups is 2. The summed E-state index contributed by atoms with van der Waals surface area (Å²) >= 11 is 0. The van der Waals surface area contributed by atoms with Crippen molar-refractivity contribution in [1.82, 2.24) is 10.6 Å². The Balaban J connectivity index is 1.57. The number of hydrogen-bond donors (Lipinski definition) is 2. The van der Waals surface area contributed by atoms with Gasteiger partial charge in [-0.05, 0) is 61.8 Å². The highest BCUT2D eigenvalue weighted by atomic mass is 16.5. The van der Waals surface area contributed by atoms with Gasteiger partial charge < -0.3 is 15.4 Å². The van der Waals surface area contributed by atoms with Crippen LogP contribution in [0.25, 0.3) is 0 Å². The van der Waals surface area contributed by atoms with Crippen LogP contribution in [0.1, 0.15) is 57.9 Å². The first-order valence-electron chi connectivity index (χ1n) is 11.7. The van der Waals surface area contributed by atoms with Gasteiger partial charge in [-0.3, -0.25) is 9.59 Å². The van der Waals surface area contributed by atoms with Gasteiger partial charge in [0.25, 0.3) is 0 Å². The lowest BCUT2D eigenvalue weighted by Gasteiger charge is -2.31. The van der Waals surface area contributed by atoms with Gasteiger partial charge in [0.15, 0.2) is 0 Å². The quantitative estimate of drug-likeness (QED) is 0.681. The van der Waals surface area contributed by atoms with Gasteiger partial charge >= 0.3 is 0 Å². The van der Waals surface area contributed by atoms with Crippen LogP contribution in [0, 0.1) is 23.7 Å². The third kappa shape index (κ3) is 6.83. The molecule has 5 nitrogen and oxygen atoms in total. The molecule has 1 aliphatic carbocycles. The Morgan fingerprint density at radius 1 is 1.00 bits per heavy atom. The molecule has 3 rings (SSSR count). The summed E-state index contributed by atoms with van der Waals surface area (Å²) in [4.78, 5) is 26.0. The molecule has 0 unspecified atom stereocenters. The number of amides is 2. The molecule has 2 amide bonds. The van der Waals surface area contributed by atoms with Gasteiger partial charge in [0.1, 0.15) is 6.04 Å². The Hall–Kier alpha value is -1.88. The molecule has 2 aliphatic rings. The highest BCUT2D eigenvalue weighted by Gasteiger charge is 2.30. The van der Waals surface area contributed by atoms with Gasteiger partial charge in [-0.2, -0.15) is 0 Å². The van der Waals surface area contributed by atoms with Crippen LogP contribution in [0.4, 0.5) is 0 Å². The van der Waals surface area contributed by atoms with Crippen molar-refractivity contribution in [3.05, 3.63) is 35.9 Å². The SMILES string of the molecule is CC(C)C1CCC(C(=O)N[C@@H](Cc2ccccc2)C(=O)NCC2CCOCC2)CC1. The van der Waals surface area contributed by atoms with Crippen LogP contribution in [0.15, 0.2) is 30.3 Å². The average molecular weight is 415 g/mol. The van der Waals surface area contributed by atoms with Gasteiger partial charge in [0.2, 0.25) is 11.8 Å². The summed E-state index contributed by atoms with van der Waals surface area (Å²) in [6.07, 6.45) is 6.55.